The summed E-state index contributed by atoms with van der Waals surface area (Å²) in [6.45, 7) is 1.59. The molecule has 0 aliphatic rings. The van der Waals surface area contributed by atoms with Gasteiger partial charge in [0.25, 0.3) is 0 Å². The first-order chi connectivity index (χ1) is 4.22. The number of rotatable bonds is 0. The van der Waals surface area contributed by atoms with Gasteiger partial charge in [0.15, 0.2) is 0 Å². The number of aromatic nitrogens is 1. The Kier molecular flexibility index (Phi) is 1.67. The lowest BCUT2D eigenvalue weighted by Gasteiger charge is -1.94. The predicted molar refractivity (Wildman–Crippen MR) is 33.9 cm³/mol. The molecule has 3 heteroatoms. The Morgan fingerprint density at radius 2 is 2.33 bits per heavy atom. The minimum atomic E-state index is -0.310. The van der Waals surface area contributed by atoms with Crippen LogP contribution in [0.4, 0.5) is 4.39 Å². The van der Waals surface area contributed by atoms with Crippen LogP contribution in [0.3, 0.4) is 0 Å². The topological polar surface area (TPSA) is 12.9 Å². The van der Waals surface area contributed by atoms with Crippen molar-refractivity contribution < 1.29 is 4.39 Å². The first kappa shape index (κ1) is 6.49. The van der Waals surface area contributed by atoms with Crippen molar-refractivity contribution in [2.75, 3.05) is 0 Å². The second kappa shape index (κ2) is 2.31. The molecule has 0 atom stereocenters. The molecule has 0 unspecified atom stereocenters. The molecule has 9 heavy (non-hydrogen) atoms. The van der Waals surface area contributed by atoms with Crippen LogP contribution in [0.25, 0.3) is 0 Å². The SMILES string of the molecule is Cc1c(F)ccnc1Cl. The molecule has 1 aromatic heterocycles. The maximum Gasteiger partial charge on any atom is 0.134 e. The van der Waals surface area contributed by atoms with Crippen LogP contribution in [0, 0.1) is 12.7 Å². The van der Waals surface area contributed by atoms with Crippen LogP contribution in [0.1, 0.15) is 5.56 Å². The fourth-order valence-corrected chi connectivity index (χ4v) is 0.635. The van der Waals surface area contributed by atoms with Crippen LogP contribution in [0.2, 0.25) is 5.15 Å². The average molecular weight is 146 g/mol. The summed E-state index contributed by atoms with van der Waals surface area (Å²) < 4.78 is 12.5. The quantitative estimate of drug-likeness (QED) is 0.510. The van der Waals surface area contributed by atoms with E-state index in [9.17, 15) is 4.39 Å². The number of hydrogen-bond acceptors (Lipinski definition) is 1. The number of hydrogen-bond donors (Lipinski definition) is 0. The van der Waals surface area contributed by atoms with Crippen molar-refractivity contribution in [1.82, 2.24) is 4.98 Å². The van der Waals surface area contributed by atoms with Crippen LogP contribution in [-0.4, -0.2) is 4.98 Å². The lowest BCUT2D eigenvalue weighted by molar-refractivity contribution is 0.616. The fourth-order valence-electron chi connectivity index (χ4n) is 0.489. The third-order valence-electron chi connectivity index (χ3n) is 1.08. The monoisotopic (exact) mass is 145 g/mol. The highest BCUT2D eigenvalue weighted by atomic mass is 35.5. The van der Waals surface area contributed by atoms with Crippen molar-refractivity contribution in [2.24, 2.45) is 0 Å². The summed E-state index contributed by atoms with van der Waals surface area (Å²) in [5.41, 5.74) is 0.402. The van der Waals surface area contributed by atoms with Crippen molar-refractivity contribution >= 4 is 11.6 Å². The van der Waals surface area contributed by atoms with Crippen molar-refractivity contribution in [3.05, 3.63) is 28.8 Å². The summed E-state index contributed by atoms with van der Waals surface area (Å²) in [6, 6.07) is 1.28. The van der Waals surface area contributed by atoms with Gasteiger partial charge in [-0.1, -0.05) is 11.6 Å². The first-order valence-corrected chi connectivity index (χ1v) is 2.86. The molecule has 1 heterocycles. The second-order valence-electron chi connectivity index (χ2n) is 1.71. The Balaban J connectivity index is 3.25. The van der Waals surface area contributed by atoms with Crippen molar-refractivity contribution in [3.8, 4) is 0 Å². The summed E-state index contributed by atoms with van der Waals surface area (Å²) in [5.74, 6) is -0.310. The first-order valence-electron chi connectivity index (χ1n) is 2.48. The molecule has 0 fully saturated rings. The fraction of sp³-hybridized carbons (Fsp3) is 0.167. The van der Waals surface area contributed by atoms with E-state index in [0.29, 0.717) is 5.56 Å². The summed E-state index contributed by atoms with van der Waals surface area (Å²) >= 11 is 5.46. The Hall–Kier alpha value is -0.630. The van der Waals surface area contributed by atoms with E-state index in [-0.39, 0.29) is 11.0 Å². The smallest absolute Gasteiger partial charge is 0.134 e. The molecule has 0 spiro atoms. The molecule has 0 N–H and O–H groups in total. The van der Waals surface area contributed by atoms with E-state index >= 15 is 0 Å². The van der Waals surface area contributed by atoms with Gasteiger partial charge in [0, 0.05) is 11.8 Å². The third-order valence-corrected chi connectivity index (χ3v) is 1.46. The summed E-state index contributed by atoms with van der Waals surface area (Å²) in [7, 11) is 0. The minimum absolute atomic E-state index is 0.231. The molecular formula is C6H5ClFN. The summed E-state index contributed by atoms with van der Waals surface area (Å²) in [4.78, 5) is 3.66. The summed E-state index contributed by atoms with van der Waals surface area (Å²) in [5, 5.41) is 0.231. The molecule has 0 aromatic carbocycles. The van der Waals surface area contributed by atoms with Gasteiger partial charge in [-0.15, -0.1) is 0 Å². The number of nitrogens with zero attached hydrogens (tertiary/aromatic N) is 1. The van der Waals surface area contributed by atoms with E-state index < -0.39 is 0 Å². The summed E-state index contributed by atoms with van der Waals surface area (Å²) in [6.07, 6.45) is 1.34. The Labute approximate surface area is 57.5 Å². The predicted octanol–water partition coefficient (Wildman–Crippen LogP) is 2.18. The molecule has 1 rings (SSSR count). The van der Waals surface area contributed by atoms with Crippen LogP contribution >= 0.6 is 11.6 Å². The lowest BCUT2D eigenvalue weighted by Crippen LogP contribution is -1.84. The zero-order chi connectivity index (χ0) is 6.85. The minimum Gasteiger partial charge on any atom is -0.244 e. The van der Waals surface area contributed by atoms with Crippen molar-refractivity contribution in [2.45, 2.75) is 6.92 Å². The second-order valence-corrected chi connectivity index (χ2v) is 2.07. The highest BCUT2D eigenvalue weighted by molar-refractivity contribution is 6.30. The van der Waals surface area contributed by atoms with Gasteiger partial charge in [0.1, 0.15) is 11.0 Å². The Bertz CT molecular complexity index is 204. The molecule has 0 radical (unpaired) electrons. The molecule has 0 aliphatic carbocycles. The Morgan fingerprint density at radius 3 is 2.78 bits per heavy atom. The molecule has 0 aliphatic heterocycles. The normalized spacial score (nSPS) is 9.67. The van der Waals surface area contributed by atoms with Gasteiger partial charge in [0.05, 0.1) is 0 Å². The van der Waals surface area contributed by atoms with Gasteiger partial charge in [0.2, 0.25) is 0 Å². The van der Waals surface area contributed by atoms with Crippen LogP contribution in [0.5, 0.6) is 0 Å². The lowest BCUT2D eigenvalue weighted by atomic mass is 10.3. The largest absolute Gasteiger partial charge is 0.244 e. The van der Waals surface area contributed by atoms with Gasteiger partial charge in [-0.25, -0.2) is 9.37 Å². The van der Waals surface area contributed by atoms with E-state index in [4.69, 9.17) is 11.6 Å². The zero-order valence-corrected chi connectivity index (χ0v) is 5.61. The third kappa shape index (κ3) is 1.19. The van der Waals surface area contributed by atoms with Crippen LogP contribution < -0.4 is 0 Å². The van der Waals surface area contributed by atoms with Crippen LogP contribution in [0.15, 0.2) is 12.3 Å². The molecule has 1 nitrogen and oxygen atoms in total. The van der Waals surface area contributed by atoms with Gasteiger partial charge < -0.3 is 0 Å². The van der Waals surface area contributed by atoms with Crippen molar-refractivity contribution in [1.29, 1.82) is 0 Å². The van der Waals surface area contributed by atoms with E-state index in [0.717, 1.165) is 0 Å². The van der Waals surface area contributed by atoms with E-state index in [1.54, 1.807) is 6.92 Å². The molecule has 1 aromatic rings. The Morgan fingerprint density at radius 1 is 1.67 bits per heavy atom. The van der Waals surface area contributed by atoms with Crippen LogP contribution in [-0.2, 0) is 0 Å². The van der Waals surface area contributed by atoms with E-state index in [1.807, 2.05) is 0 Å². The van der Waals surface area contributed by atoms with Gasteiger partial charge in [-0.2, -0.15) is 0 Å². The van der Waals surface area contributed by atoms with Gasteiger partial charge in [-0.05, 0) is 13.0 Å². The maximum atomic E-state index is 12.5. The molecule has 48 valence electrons. The number of halogens is 2. The zero-order valence-electron chi connectivity index (χ0n) is 4.86. The maximum absolute atomic E-state index is 12.5. The molecular weight excluding hydrogens is 141 g/mol. The molecule has 0 bridgehead atoms. The number of pyridine rings is 1. The standard InChI is InChI=1S/C6H5ClFN/c1-4-5(8)2-3-9-6(4)7/h2-3H,1H3. The highest BCUT2D eigenvalue weighted by Gasteiger charge is 1.99. The van der Waals surface area contributed by atoms with Gasteiger partial charge >= 0.3 is 0 Å². The molecule has 0 saturated heterocycles. The molecule has 0 amide bonds. The van der Waals surface area contributed by atoms with E-state index in [1.165, 1.54) is 12.3 Å². The average Bonchev–Trinajstić information content (AvgIpc) is 1.83. The van der Waals surface area contributed by atoms with E-state index in [2.05, 4.69) is 4.98 Å². The molecule has 0 saturated carbocycles. The van der Waals surface area contributed by atoms with Gasteiger partial charge in [-0.3, -0.25) is 0 Å². The van der Waals surface area contributed by atoms with Crippen molar-refractivity contribution in [3.63, 3.8) is 0 Å². The highest BCUT2D eigenvalue weighted by Crippen LogP contribution is 2.13.